The maximum atomic E-state index is 12.7. The molecule has 1 heterocycles. The first-order valence-electron chi connectivity index (χ1n) is 9.15. The van der Waals surface area contributed by atoms with E-state index in [0.29, 0.717) is 0 Å². The molecule has 0 bridgehead atoms. The maximum absolute atomic E-state index is 12.7. The molecule has 0 atom stereocenters. The van der Waals surface area contributed by atoms with Gasteiger partial charge in [-0.25, -0.2) is 13.4 Å². The number of nitrogens with one attached hydrogen (secondary N) is 2. The van der Waals surface area contributed by atoms with Gasteiger partial charge >= 0.3 is 0 Å². The Bertz CT molecular complexity index is 914. The van der Waals surface area contributed by atoms with E-state index >= 15 is 0 Å². The Morgan fingerprint density at radius 1 is 1.00 bits per heavy atom. The molecule has 27 heavy (non-hydrogen) atoms. The van der Waals surface area contributed by atoms with E-state index in [-0.39, 0.29) is 4.90 Å². The molecule has 7 heteroatoms. The van der Waals surface area contributed by atoms with E-state index in [9.17, 15) is 8.42 Å². The van der Waals surface area contributed by atoms with Crippen LogP contribution >= 0.6 is 15.9 Å². The molecule has 1 aromatic heterocycles. The van der Waals surface area contributed by atoms with E-state index in [1.54, 1.807) is 24.3 Å². The summed E-state index contributed by atoms with van der Waals surface area (Å²) in [6.45, 7) is 1.93. The van der Waals surface area contributed by atoms with Gasteiger partial charge in [0.15, 0.2) is 0 Å². The number of aryl methyl sites for hydroxylation is 1. The molecule has 0 spiro atoms. The number of aromatic nitrogens is 1. The lowest BCUT2D eigenvalue weighted by Crippen LogP contribution is -2.37. The second kappa shape index (κ2) is 8.99. The molecule has 1 aliphatic rings. The average Bonchev–Trinajstić information content (AvgIpc) is 2.92. The number of nitrogens with zero attached hydrogens (tertiary/aromatic N) is 1. The minimum Gasteiger partial charge on any atom is -0.306 e. The summed E-state index contributed by atoms with van der Waals surface area (Å²) in [5.41, 5.74) is 6.69. The van der Waals surface area contributed by atoms with Crippen molar-refractivity contribution in [1.29, 1.82) is 0 Å². The summed E-state index contributed by atoms with van der Waals surface area (Å²) in [6.07, 6.45) is 6.53. The predicted molar refractivity (Wildman–Crippen MR) is 111 cm³/mol. The number of pyridine rings is 1. The molecular weight excluding hydrogens is 426 g/mol. The zero-order valence-corrected chi connectivity index (χ0v) is 17.7. The predicted octanol–water partition coefficient (Wildman–Crippen LogP) is 4.70. The maximum Gasteiger partial charge on any atom is 0.257 e. The normalized spacial score (nSPS) is 15.3. The highest BCUT2D eigenvalue weighted by Gasteiger charge is 2.18. The van der Waals surface area contributed by atoms with Gasteiger partial charge in [0.2, 0.25) is 0 Å². The fourth-order valence-corrected chi connectivity index (χ4v) is 4.37. The number of rotatable bonds is 5. The Morgan fingerprint density at radius 2 is 1.67 bits per heavy atom. The molecule has 1 saturated carbocycles. The van der Waals surface area contributed by atoms with Gasteiger partial charge in [-0.2, -0.15) is 0 Å². The third-order valence-electron chi connectivity index (χ3n) is 4.67. The van der Waals surface area contributed by atoms with E-state index in [0.717, 1.165) is 47.2 Å². The molecule has 2 aromatic rings. The number of hydrazine groups is 1. The summed E-state index contributed by atoms with van der Waals surface area (Å²) >= 11 is 3.40. The van der Waals surface area contributed by atoms with Crippen molar-refractivity contribution >= 4 is 31.7 Å². The van der Waals surface area contributed by atoms with Gasteiger partial charge in [-0.05, 0) is 78.4 Å². The quantitative estimate of drug-likeness (QED) is 0.394. The lowest BCUT2D eigenvalue weighted by Gasteiger charge is -2.17. The third-order valence-corrected chi connectivity index (χ3v) is 6.38. The smallest absolute Gasteiger partial charge is 0.257 e. The van der Waals surface area contributed by atoms with Gasteiger partial charge in [0.1, 0.15) is 4.60 Å². The van der Waals surface area contributed by atoms with Crippen LogP contribution in [-0.4, -0.2) is 13.4 Å². The van der Waals surface area contributed by atoms with Crippen molar-refractivity contribution in [1.82, 2.24) is 15.2 Å². The van der Waals surface area contributed by atoms with Gasteiger partial charge < -0.3 is 5.43 Å². The van der Waals surface area contributed by atoms with Crippen molar-refractivity contribution in [3.63, 3.8) is 0 Å². The summed E-state index contributed by atoms with van der Waals surface area (Å²) in [6, 6.07) is 12.4. The molecule has 3 rings (SSSR count). The molecule has 0 saturated heterocycles. The van der Waals surface area contributed by atoms with Gasteiger partial charge in [0.05, 0.1) is 16.3 Å². The Labute approximate surface area is 169 Å². The molecule has 0 unspecified atom stereocenters. The van der Waals surface area contributed by atoms with E-state index in [2.05, 4.69) is 31.2 Å². The minimum atomic E-state index is -3.67. The fourth-order valence-electron chi connectivity index (χ4n) is 3.18. The van der Waals surface area contributed by atoms with Crippen LogP contribution in [0.1, 0.15) is 49.8 Å². The average molecular weight is 450 g/mol. The van der Waals surface area contributed by atoms with Gasteiger partial charge in [-0.3, -0.25) is 0 Å². The van der Waals surface area contributed by atoms with Crippen LogP contribution in [-0.2, 0) is 10.0 Å². The topological polar surface area (TPSA) is 71.1 Å². The van der Waals surface area contributed by atoms with Crippen molar-refractivity contribution in [2.24, 2.45) is 0 Å². The van der Waals surface area contributed by atoms with Crippen LogP contribution < -0.4 is 10.3 Å². The SMILES string of the molecule is Cc1ccc(S(=O)(=O)NNC(=C2CCCCCC2)c2cccc(Br)n2)cc1. The summed E-state index contributed by atoms with van der Waals surface area (Å²) in [5.74, 6) is 0. The number of halogens is 1. The highest BCUT2D eigenvalue weighted by molar-refractivity contribution is 9.10. The number of hydrogen-bond acceptors (Lipinski definition) is 4. The standard InChI is InChI=1S/C20H24BrN3O2S/c1-15-11-13-17(14-12-15)27(25,26)24-23-20(16-7-4-2-3-5-8-16)18-9-6-10-19(21)22-18/h6,9-14,23-24H,2-5,7-8H2,1H3. The van der Waals surface area contributed by atoms with Crippen molar-refractivity contribution in [3.05, 3.63) is 63.9 Å². The minimum absolute atomic E-state index is 0.230. The summed E-state index contributed by atoms with van der Waals surface area (Å²) < 4.78 is 26.1. The Morgan fingerprint density at radius 3 is 2.30 bits per heavy atom. The number of benzene rings is 1. The molecular formula is C20H24BrN3O2S. The third kappa shape index (κ3) is 5.40. The Hall–Kier alpha value is -1.70. The van der Waals surface area contributed by atoms with Gasteiger partial charge in [0.25, 0.3) is 10.0 Å². The molecule has 1 aromatic carbocycles. The lowest BCUT2D eigenvalue weighted by molar-refractivity contribution is 0.575. The summed E-state index contributed by atoms with van der Waals surface area (Å²) in [5, 5.41) is 0. The van der Waals surface area contributed by atoms with Crippen molar-refractivity contribution in [3.8, 4) is 0 Å². The molecule has 0 amide bonds. The summed E-state index contributed by atoms with van der Waals surface area (Å²) in [7, 11) is -3.67. The first kappa shape index (κ1) is 20.0. The van der Waals surface area contributed by atoms with Crippen LogP contribution in [0, 0.1) is 6.92 Å². The number of sulfonamides is 1. The number of allylic oxidation sites excluding steroid dienone is 1. The first-order valence-corrected chi connectivity index (χ1v) is 11.4. The van der Waals surface area contributed by atoms with E-state index in [1.165, 1.54) is 18.4 Å². The lowest BCUT2D eigenvalue weighted by atomic mass is 10.0. The second-order valence-electron chi connectivity index (χ2n) is 6.78. The van der Waals surface area contributed by atoms with Crippen molar-refractivity contribution in [2.45, 2.75) is 50.3 Å². The van der Waals surface area contributed by atoms with Gasteiger partial charge in [-0.1, -0.05) is 36.6 Å². The largest absolute Gasteiger partial charge is 0.306 e. The van der Waals surface area contributed by atoms with Crippen molar-refractivity contribution < 1.29 is 8.42 Å². The number of hydrogen-bond donors (Lipinski definition) is 2. The van der Waals surface area contributed by atoms with Crippen LogP contribution in [0.4, 0.5) is 0 Å². The Balaban J connectivity index is 1.89. The molecule has 2 N–H and O–H groups in total. The zero-order valence-electron chi connectivity index (χ0n) is 15.3. The van der Waals surface area contributed by atoms with E-state index < -0.39 is 10.0 Å². The second-order valence-corrected chi connectivity index (χ2v) is 9.28. The molecule has 0 radical (unpaired) electrons. The Kier molecular flexibility index (Phi) is 6.68. The van der Waals surface area contributed by atoms with Crippen LogP contribution in [0.2, 0.25) is 0 Å². The van der Waals surface area contributed by atoms with Gasteiger partial charge in [-0.15, -0.1) is 4.83 Å². The van der Waals surface area contributed by atoms with E-state index in [4.69, 9.17) is 0 Å². The van der Waals surface area contributed by atoms with Crippen LogP contribution in [0.15, 0.2) is 57.5 Å². The molecule has 1 aliphatic carbocycles. The molecule has 1 fully saturated rings. The highest BCUT2D eigenvalue weighted by atomic mass is 79.9. The highest BCUT2D eigenvalue weighted by Crippen LogP contribution is 2.28. The molecule has 0 aliphatic heterocycles. The molecule has 5 nitrogen and oxygen atoms in total. The fraction of sp³-hybridized carbons (Fsp3) is 0.350. The monoisotopic (exact) mass is 449 g/mol. The van der Waals surface area contributed by atoms with Crippen LogP contribution in [0.5, 0.6) is 0 Å². The van der Waals surface area contributed by atoms with Crippen LogP contribution in [0.25, 0.3) is 5.70 Å². The van der Waals surface area contributed by atoms with Crippen LogP contribution in [0.3, 0.4) is 0 Å². The van der Waals surface area contributed by atoms with Gasteiger partial charge in [0, 0.05) is 0 Å². The van der Waals surface area contributed by atoms with Crippen molar-refractivity contribution in [2.75, 3.05) is 0 Å². The molecule has 144 valence electrons. The van der Waals surface area contributed by atoms with E-state index in [1.807, 2.05) is 25.1 Å². The zero-order chi connectivity index (χ0) is 19.3. The first-order chi connectivity index (χ1) is 13.0. The summed E-state index contributed by atoms with van der Waals surface area (Å²) in [4.78, 5) is 7.30.